The number of guanidine groups is 1. The molecule has 1 aromatic heterocycles. The molecule has 2 N–H and O–H groups in total. The minimum absolute atomic E-state index is 0. The van der Waals surface area contributed by atoms with Crippen molar-refractivity contribution in [3.05, 3.63) is 11.6 Å². The number of nitrogens with zero attached hydrogens (tertiary/aromatic N) is 4. The van der Waals surface area contributed by atoms with Gasteiger partial charge in [-0.2, -0.15) is 5.10 Å². The summed E-state index contributed by atoms with van der Waals surface area (Å²) < 4.78 is 13.3. The summed E-state index contributed by atoms with van der Waals surface area (Å²) in [6.07, 6.45) is 4.50. The molecule has 0 aromatic carbocycles. The summed E-state index contributed by atoms with van der Waals surface area (Å²) in [6, 6.07) is 0.290. The molecule has 8 nitrogen and oxygen atoms in total. The first-order valence-electron chi connectivity index (χ1n) is 11.0. The average molecular weight is 534 g/mol. The topological polar surface area (TPSA) is 85.6 Å². The van der Waals surface area contributed by atoms with Crippen molar-refractivity contribution in [2.75, 3.05) is 26.8 Å². The number of hydrogen-bond acceptors (Lipinski definition) is 5. The van der Waals surface area contributed by atoms with Crippen LogP contribution in [0.15, 0.2) is 4.99 Å². The van der Waals surface area contributed by atoms with Crippen molar-refractivity contribution in [2.24, 2.45) is 16.3 Å². The fourth-order valence-electron chi connectivity index (χ4n) is 4.38. The van der Waals surface area contributed by atoms with E-state index in [1.54, 1.807) is 7.11 Å². The van der Waals surface area contributed by atoms with Crippen molar-refractivity contribution in [3.63, 3.8) is 0 Å². The molecular formula is C21H39IN6O2. The number of nitrogens with one attached hydrogen (secondary N) is 2. The Bertz CT molecular complexity index is 688. The molecule has 0 bridgehead atoms. The van der Waals surface area contributed by atoms with Crippen molar-refractivity contribution in [1.82, 2.24) is 25.4 Å². The van der Waals surface area contributed by atoms with E-state index in [2.05, 4.69) is 48.4 Å². The monoisotopic (exact) mass is 534 g/mol. The van der Waals surface area contributed by atoms with Crippen LogP contribution in [-0.2, 0) is 29.0 Å². The summed E-state index contributed by atoms with van der Waals surface area (Å²) in [7, 11) is 1.67. The van der Waals surface area contributed by atoms with Crippen molar-refractivity contribution in [3.8, 4) is 0 Å². The van der Waals surface area contributed by atoms with Gasteiger partial charge in [0.25, 0.3) is 0 Å². The van der Waals surface area contributed by atoms with E-state index in [1.165, 1.54) is 6.42 Å². The number of hydrogen-bond donors (Lipinski definition) is 2. The Hall–Kier alpha value is -0.940. The van der Waals surface area contributed by atoms with Gasteiger partial charge in [-0.1, -0.05) is 20.8 Å². The van der Waals surface area contributed by atoms with Gasteiger partial charge in [0, 0.05) is 45.2 Å². The van der Waals surface area contributed by atoms with Gasteiger partial charge in [-0.15, -0.1) is 24.0 Å². The molecule has 2 aliphatic rings. The zero-order valence-corrected chi connectivity index (χ0v) is 21.4. The molecule has 3 rings (SSSR count). The molecule has 1 fully saturated rings. The highest BCUT2D eigenvalue weighted by Crippen LogP contribution is 2.34. The van der Waals surface area contributed by atoms with Gasteiger partial charge in [0.2, 0.25) is 0 Å². The van der Waals surface area contributed by atoms with Crippen LogP contribution in [0.25, 0.3) is 0 Å². The number of aliphatic imine (C=N–C) groups is 1. The van der Waals surface area contributed by atoms with E-state index < -0.39 is 0 Å². The van der Waals surface area contributed by atoms with Gasteiger partial charge in [-0.25, -0.2) is 9.67 Å². The predicted molar refractivity (Wildman–Crippen MR) is 129 cm³/mol. The van der Waals surface area contributed by atoms with E-state index in [0.29, 0.717) is 18.6 Å². The molecule has 3 heterocycles. The maximum atomic E-state index is 6.12. The third kappa shape index (κ3) is 6.78. The summed E-state index contributed by atoms with van der Waals surface area (Å²) >= 11 is 0. The zero-order valence-electron chi connectivity index (χ0n) is 19.1. The number of halogens is 1. The largest absolute Gasteiger partial charge is 0.377 e. The normalized spacial score (nSPS) is 24.7. The second-order valence-corrected chi connectivity index (χ2v) is 9.22. The Morgan fingerprint density at radius 2 is 2.13 bits per heavy atom. The van der Waals surface area contributed by atoms with Crippen LogP contribution in [0.5, 0.6) is 0 Å². The molecule has 3 atom stereocenters. The molecule has 9 heteroatoms. The minimum Gasteiger partial charge on any atom is -0.377 e. The summed E-state index contributed by atoms with van der Waals surface area (Å²) in [5.41, 5.74) is 0.138. The second kappa shape index (κ2) is 11.6. The van der Waals surface area contributed by atoms with Crippen molar-refractivity contribution in [1.29, 1.82) is 0 Å². The Morgan fingerprint density at radius 1 is 1.33 bits per heavy atom. The number of aromatic nitrogens is 3. The van der Waals surface area contributed by atoms with Crippen LogP contribution >= 0.6 is 24.0 Å². The molecule has 0 radical (unpaired) electrons. The number of aryl methyl sites for hydroxylation is 1. The van der Waals surface area contributed by atoms with E-state index in [-0.39, 0.29) is 35.5 Å². The van der Waals surface area contributed by atoms with E-state index >= 15 is 0 Å². The quantitative estimate of drug-likeness (QED) is 0.332. The Labute approximate surface area is 198 Å². The third-order valence-electron chi connectivity index (χ3n) is 5.64. The maximum Gasteiger partial charge on any atom is 0.191 e. The maximum absolute atomic E-state index is 6.12. The van der Waals surface area contributed by atoms with Gasteiger partial charge >= 0.3 is 0 Å². The van der Waals surface area contributed by atoms with E-state index in [0.717, 1.165) is 63.1 Å². The van der Waals surface area contributed by atoms with Gasteiger partial charge < -0.3 is 20.1 Å². The summed E-state index contributed by atoms with van der Waals surface area (Å²) in [6.45, 7) is 12.6. The van der Waals surface area contributed by atoms with Gasteiger partial charge in [0.15, 0.2) is 11.8 Å². The smallest absolute Gasteiger partial charge is 0.191 e. The van der Waals surface area contributed by atoms with Crippen LogP contribution in [0, 0.1) is 11.3 Å². The molecule has 1 saturated heterocycles. The first-order chi connectivity index (χ1) is 13.9. The highest BCUT2D eigenvalue weighted by molar-refractivity contribution is 14.0. The molecule has 172 valence electrons. The SMILES string of the molecule is CCNC(=NCC1CCCOC1C(C)(C)C)NC1CCc2nc(COC)nn2C1.I. The fraction of sp³-hybridized carbons (Fsp3) is 0.857. The van der Waals surface area contributed by atoms with Crippen LogP contribution in [0.1, 0.15) is 58.6 Å². The molecule has 0 aliphatic carbocycles. The lowest BCUT2D eigenvalue weighted by Crippen LogP contribution is -2.48. The standard InChI is InChI=1S/C21H38N6O2.HI/c1-6-22-20(23-12-15-8-7-11-29-19(15)21(2,3)4)24-16-9-10-18-25-17(14-28-5)26-27(18)13-16;/h15-16,19H,6-14H2,1-5H3,(H2,22,23,24);1H. The van der Waals surface area contributed by atoms with E-state index in [9.17, 15) is 0 Å². The Balaban J connectivity index is 0.00000320. The Morgan fingerprint density at radius 3 is 2.83 bits per heavy atom. The molecular weight excluding hydrogens is 495 g/mol. The highest BCUT2D eigenvalue weighted by Gasteiger charge is 2.35. The van der Waals surface area contributed by atoms with Crippen LogP contribution in [0.3, 0.4) is 0 Å². The van der Waals surface area contributed by atoms with Gasteiger partial charge in [0.1, 0.15) is 12.4 Å². The first-order valence-corrected chi connectivity index (χ1v) is 11.0. The van der Waals surface area contributed by atoms with Crippen molar-refractivity contribution >= 4 is 29.9 Å². The van der Waals surface area contributed by atoms with E-state index in [4.69, 9.17) is 14.5 Å². The van der Waals surface area contributed by atoms with Crippen LogP contribution < -0.4 is 10.6 Å². The number of fused-ring (bicyclic) bond motifs is 1. The molecule has 0 saturated carbocycles. The summed E-state index contributed by atoms with van der Waals surface area (Å²) in [5, 5.41) is 11.6. The predicted octanol–water partition coefficient (Wildman–Crippen LogP) is 2.75. The Kier molecular flexibility index (Phi) is 9.80. The third-order valence-corrected chi connectivity index (χ3v) is 5.64. The van der Waals surface area contributed by atoms with Crippen LogP contribution in [-0.4, -0.2) is 59.7 Å². The molecule has 0 amide bonds. The first kappa shape index (κ1) is 25.3. The van der Waals surface area contributed by atoms with Gasteiger partial charge in [0.05, 0.1) is 12.6 Å². The second-order valence-electron chi connectivity index (χ2n) is 9.22. The summed E-state index contributed by atoms with van der Waals surface area (Å²) in [4.78, 5) is 9.49. The molecule has 1 aromatic rings. The summed E-state index contributed by atoms with van der Waals surface area (Å²) in [5.74, 6) is 3.15. The fourth-order valence-corrected chi connectivity index (χ4v) is 4.38. The van der Waals surface area contributed by atoms with Crippen LogP contribution in [0.2, 0.25) is 0 Å². The molecule has 0 spiro atoms. The lowest BCUT2D eigenvalue weighted by atomic mass is 9.78. The van der Waals surface area contributed by atoms with Gasteiger partial charge in [-0.05, 0) is 31.6 Å². The zero-order chi connectivity index (χ0) is 20.9. The van der Waals surface area contributed by atoms with Crippen molar-refractivity contribution in [2.45, 2.75) is 78.7 Å². The molecule has 2 aliphatic heterocycles. The number of rotatable bonds is 6. The highest BCUT2D eigenvalue weighted by atomic mass is 127. The number of ether oxygens (including phenoxy) is 2. The van der Waals surface area contributed by atoms with Crippen molar-refractivity contribution < 1.29 is 9.47 Å². The average Bonchev–Trinajstić information content (AvgIpc) is 3.08. The van der Waals surface area contributed by atoms with Crippen LogP contribution in [0.4, 0.5) is 0 Å². The lowest BCUT2D eigenvalue weighted by molar-refractivity contribution is -0.0823. The minimum atomic E-state index is 0. The molecule has 3 unspecified atom stereocenters. The number of methoxy groups -OCH3 is 1. The lowest BCUT2D eigenvalue weighted by Gasteiger charge is -2.39. The van der Waals surface area contributed by atoms with E-state index in [1.807, 2.05) is 4.68 Å². The molecule has 30 heavy (non-hydrogen) atoms. The van der Waals surface area contributed by atoms with Gasteiger partial charge in [-0.3, -0.25) is 4.99 Å².